The second-order valence-electron chi connectivity index (χ2n) is 4.83. The maximum atomic E-state index is 6.13. The van der Waals surface area contributed by atoms with Gasteiger partial charge in [-0.15, -0.1) is 11.3 Å². The number of fused-ring (bicyclic) bond motifs is 1. The SMILES string of the molecule is CCCC(N)c1nc2c(s1)CC(CC)CC2. The van der Waals surface area contributed by atoms with E-state index in [1.54, 1.807) is 0 Å². The van der Waals surface area contributed by atoms with Gasteiger partial charge in [-0.3, -0.25) is 0 Å². The van der Waals surface area contributed by atoms with Crippen molar-refractivity contribution in [2.45, 2.75) is 58.4 Å². The zero-order chi connectivity index (χ0) is 11.5. The molecule has 2 atom stereocenters. The number of thiazole rings is 1. The molecule has 1 aromatic rings. The van der Waals surface area contributed by atoms with E-state index in [1.807, 2.05) is 11.3 Å². The van der Waals surface area contributed by atoms with Gasteiger partial charge in [-0.05, 0) is 31.6 Å². The molecule has 0 saturated carbocycles. The maximum absolute atomic E-state index is 6.13. The summed E-state index contributed by atoms with van der Waals surface area (Å²) in [5, 5.41) is 1.17. The van der Waals surface area contributed by atoms with Gasteiger partial charge in [-0.25, -0.2) is 4.98 Å². The average Bonchev–Trinajstić information content (AvgIpc) is 2.71. The number of aromatic nitrogens is 1. The van der Waals surface area contributed by atoms with Crippen molar-refractivity contribution in [1.29, 1.82) is 0 Å². The normalized spacial score (nSPS) is 21.8. The van der Waals surface area contributed by atoms with Gasteiger partial charge >= 0.3 is 0 Å². The molecular weight excluding hydrogens is 216 g/mol. The number of nitrogens with two attached hydrogens (primary N) is 1. The van der Waals surface area contributed by atoms with Crippen LogP contribution in [0.2, 0.25) is 0 Å². The summed E-state index contributed by atoms with van der Waals surface area (Å²) >= 11 is 1.87. The number of hydrogen-bond donors (Lipinski definition) is 1. The monoisotopic (exact) mass is 238 g/mol. The molecule has 0 aliphatic heterocycles. The zero-order valence-electron chi connectivity index (χ0n) is 10.3. The van der Waals surface area contributed by atoms with Gasteiger partial charge in [0.25, 0.3) is 0 Å². The van der Waals surface area contributed by atoms with Crippen molar-refractivity contribution in [3.8, 4) is 0 Å². The Hall–Kier alpha value is -0.410. The lowest BCUT2D eigenvalue weighted by atomic mass is 9.89. The number of rotatable bonds is 4. The molecule has 16 heavy (non-hydrogen) atoms. The molecule has 1 aliphatic carbocycles. The highest BCUT2D eigenvalue weighted by molar-refractivity contribution is 7.11. The molecule has 1 heterocycles. The zero-order valence-corrected chi connectivity index (χ0v) is 11.1. The van der Waals surface area contributed by atoms with Crippen molar-refractivity contribution in [3.63, 3.8) is 0 Å². The van der Waals surface area contributed by atoms with Crippen molar-refractivity contribution in [3.05, 3.63) is 15.6 Å². The summed E-state index contributed by atoms with van der Waals surface area (Å²) in [6.45, 7) is 4.47. The Kier molecular flexibility index (Phi) is 3.98. The maximum Gasteiger partial charge on any atom is 0.110 e. The third-order valence-corrected chi connectivity index (χ3v) is 4.80. The van der Waals surface area contributed by atoms with Crippen molar-refractivity contribution in [2.24, 2.45) is 11.7 Å². The lowest BCUT2D eigenvalue weighted by molar-refractivity contribution is 0.445. The van der Waals surface area contributed by atoms with Gasteiger partial charge in [0.05, 0.1) is 11.7 Å². The van der Waals surface area contributed by atoms with E-state index in [1.165, 1.54) is 41.3 Å². The van der Waals surface area contributed by atoms with Crippen LogP contribution < -0.4 is 5.73 Å². The van der Waals surface area contributed by atoms with E-state index in [-0.39, 0.29) is 6.04 Å². The molecule has 0 amide bonds. The van der Waals surface area contributed by atoms with Crippen molar-refractivity contribution in [2.75, 3.05) is 0 Å². The van der Waals surface area contributed by atoms with E-state index in [0.717, 1.165) is 18.8 Å². The summed E-state index contributed by atoms with van der Waals surface area (Å²) in [5.41, 5.74) is 7.48. The molecule has 0 radical (unpaired) electrons. The van der Waals surface area contributed by atoms with Gasteiger partial charge in [-0.1, -0.05) is 26.7 Å². The molecule has 0 spiro atoms. The first-order chi connectivity index (χ1) is 7.74. The van der Waals surface area contributed by atoms with Crippen LogP contribution in [0.15, 0.2) is 0 Å². The topological polar surface area (TPSA) is 38.9 Å². The minimum Gasteiger partial charge on any atom is -0.322 e. The summed E-state index contributed by atoms with van der Waals surface area (Å²) in [6.07, 6.45) is 7.22. The van der Waals surface area contributed by atoms with Crippen molar-refractivity contribution in [1.82, 2.24) is 4.98 Å². The first kappa shape index (κ1) is 12.1. The average molecular weight is 238 g/mol. The van der Waals surface area contributed by atoms with Gasteiger partial charge in [0.1, 0.15) is 5.01 Å². The molecule has 1 aliphatic rings. The molecule has 0 saturated heterocycles. The van der Waals surface area contributed by atoms with Crippen LogP contribution in [-0.2, 0) is 12.8 Å². The lowest BCUT2D eigenvalue weighted by Crippen LogP contribution is -2.12. The van der Waals surface area contributed by atoms with Crippen LogP contribution in [-0.4, -0.2) is 4.98 Å². The lowest BCUT2D eigenvalue weighted by Gasteiger charge is -2.18. The van der Waals surface area contributed by atoms with Crippen LogP contribution in [0.5, 0.6) is 0 Å². The first-order valence-electron chi connectivity index (χ1n) is 6.48. The van der Waals surface area contributed by atoms with Gasteiger partial charge in [0, 0.05) is 4.88 Å². The first-order valence-corrected chi connectivity index (χ1v) is 7.30. The summed E-state index contributed by atoms with van der Waals surface area (Å²) in [6, 6.07) is 0.167. The van der Waals surface area contributed by atoms with Crippen LogP contribution in [0.3, 0.4) is 0 Å². The van der Waals surface area contributed by atoms with Crippen molar-refractivity contribution < 1.29 is 0 Å². The molecule has 1 aromatic heterocycles. The standard InChI is InChI=1S/C13H22N2S/c1-3-5-10(14)13-15-11-7-6-9(4-2)8-12(11)16-13/h9-10H,3-8,14H2,1-2H3. The van der Waals surface area contributed by atoms with Gasteiger partial charge < -0.3 is 5.73 Å². The Morgan fingerprint density at radius 2 is 2.31 bits per heavy atom. The fourth-order valence-corrected chi connectivity index (χ4v) is 3.67. The molecule has 0 aromatic carbocycles. The van der Waals surface area contributed by atoms with Gasteiger partial charge in [0.2, 0.25) is 0 Å². The predicted octanol–water partition coefficient (Wildman–Crippen LogP) is 3.46. The summed E-state index contributed by atoms with van der Waals surface area (Å²) in [5.74, 6) is 0.878. The second kappa shape index (κ2) is 5.28. The smallest absolute Gasteiger partial charge is 0.110 e. The Morgan fingerprint density at radius 3 is 3.00 bits per heavy atom. The number of aryl methyl sites for hydroxylation is 1. The highest BCUT2D eigenvalue weighted by Crippen LogP contribution is 2.33. The fourth-order valence-electron chi connectivity index (χ4n) is 2.40. The van der Waals surface area contributed by atoms with Crippen LogP contribution in [0.1, 0.15) is 61.2 Å². The molecule has 0 bridgehead atoms. The third-order valence-electron chi connectivity index (χ3n) is 3.55. The Labute approximate surface area is 102 Å². The van der Waals surface area contributed by atoms with E-state index in [2.05, 4.69) is 13.8 Å². The Bertz CT molecular complexity index is 346. The molecule has 2 unspecified atom stereocenters. The predicted molar refractivity (Wildman–Crippen MR) is 69.8 cm³/mol. The fraction of sp³-hybridized carbons (Fsp3) is 0.769. The quantitative estimate of drug-likeness (QED) is 0.872. The summed E-state index contributed by atoms with van der Waals surface area (Å²) in [4.78, 5) is 6.25. The molecule has 90 valence electrons. The Morgan fingerprint density at radius 1 is 1.50 bits per heavy atom. The van der Waals surface area contributed by atoms with E-state index < -0.39 is 0 Å². The van der Waals surface area contributed by atoms with Crippen molar-refractivity contribution >= 4 is 11.3 Å². The van der Waals surface area contributed by atoms with E-state index in [0.29, 0.717) is 0 Å². The highest BCUT2D eigenvalue weighted by Gasteiger charge is 2.22. The summed E-state index contributed by atoms with van der Waals surface area (Å²) in [7, 11) is 0. The molecular formula is C13H22N2S. The number of hydrogen-bond acceptors (Lipinski definition) is 3. The third kappa shape index (κ3) is 2.46. The highest BCUT2D eigenvalue weighted by atomic mass is 32.1. The minimum atomic E-state index is 0.167. The van der Waals surface area contributed by atoms with E-state index in [9.17, 15) is 0 Å². The van der Waals surface area contributed by atoms with Crippen LogP contribution in [0, 0.1) is 5.92 Å². The summed E-state index contributed by atoms with van der Waals surface area (Å²) < 4.78 is 0. The van der Waals surface area contributed by atoms with Gasteiger partial charge in [-0.2, -0.15) is 0 Å². The van der Waals surface area contributed by atoms with E-state index >= 15 is 0 Å². The van der Waals surface area contributed by atoms with Crippen LogP contribution in [0.4, 0.5) is 0 Å². The largest absolute Gasteiger partial charge is 0.322 e. The second-order valence-corrected chi connectivity index (χ2v) is 5.95. The van der Waals surface area contributed by atoms with E-state index in [4.69, 9.17) is 10.7 Å². The molecule has 2 rings (SSSR count). The van der Waals surface area contributed by atoms with Crippen LogP contribution >= 0.6 is 11.3 Å². The molecule has 2 nitrogen and oxygen atoms in total. The molecule has 2 N–H and O–H groups in total. The van der Waals surface area contributed by atoms with Gasteiger partial charge in [0.15, 0.2) is 0 Å². The molecule has 0 fully saturated rings. The minimum absolute atomic E-state index is 0.167. The molecule has 3 heteroatoms. The number of nitrogens with zero attached hydrogens (tertiary/aromatic N) is 1. The van der Waals surface area contributed by atoms with Crippen LogP contribution in [0.25, 0.3) is 0 Å². The Balaban J connectivity index is 2.11.